The average molecular weight is 398 g/mol. The molecule has 0 aliphatic carbocycles. The van der Waals surface area contributed by atoms with E-state index in [0.717, 1.165) is 4.90 Å². The first-order chi connectivity index (χ1) is 14.5. The van der Waals surface area contributed by atoms with Crippen molar-refractivity contribution in [3.63, 3.8) is 0 Å². The molecule has 0 aromatic heterocycles. The van der Waals surface area contributed by atoms with E-state index >= 15 is 0 Å². The molecule has 0 spiro atoms. The van der Waals surface area contributed by atoms with Crippen LogP contribution in [0.5, 0.6) is 0 Å². The number of amides is 3. The number of nitrogens with zero attached hydrogens (tertiary/aromatic N) is 2. The molecule has 0 saturated carbocycles. The average Bonchev–Trinajstić information content (AvgIpc) is 3.17. The van der Waals surface area contributed by atoms with Gasteiger partial charge in [0.05, 0.1) is 28.1 Å². The first-order valence-electron chi connectivity index (χ1n) is 9.35. The minimum Gasteiger partial charge on any atom is -0.308 e. The number of carbonyl (C=O) groups is 3. The number of hydrogen-bond donors (Lipinski definition) is 0. The number of halogens is 1. The minimum atomic E-state index is -0.548. The molecule has 3 aromatic rings. The highest BCUT2D eigenvalue weighted by Gasteiger charge is 2.43. The van der Waals surface area contributed by atoms with Crippen molar-refractivity contribution in [3.8, 4) is 0 Å². The zero-order chi connectivity index (χ0) is 21.0. The van der Waals surface area contributed by atoms with Crippen molar-refractivity contribution in [1.82, 2.24) is 4.90 Å². The summed E-state index contributed by atoms with van der Waals surface area (Å²) in [5.41, 5.74) is 1.81. The van der Waals surface area contributed by atoms with Gasteiger partial charge in [-0.25, -0.2) is 9.29 Å². The third kappa shape index (κ3) is 2.37. The van der Waals surface area contributed by atoms with Crippen molar-refractivity contribution in [1.29, 1.82) is 0 Å². The van der Waals surface area contributed by atoms with Crippen LogP contribution >= 0.6 is 0 Å². The molecule has 2 aliphatic heterocycles. The second kappa shape index (κ2) is 6.49. The minimum absolute atomic E-state index is 0.118. The van der Waals surface area contributed by atoms with E-state index in [-0.39, 0.29) is 28.1 Å². The van der Waals surface area contributed by atoms with Crippen molar-refractivity contribution < 1.29 is 18.8 Å². The molecular weight excluding hydrogens is 383 g/mol. The van der Waals surface area contributed by atoms with Gasteiger partial charge in [0.1, 0.15) is 5.82 Å². The molecule has 5 rings (SSSR count). The Morgan fingerprint density at radius 3 is 1.90 bits per heavy atom. The summed E-state index contributed by atoms with van der Waals surface area (Å²) in [5, 5.41) is 0. The van der Waals surface area contributed by atoms with Gasteiger partial charge in [-0.2, -0.15) is 0 Å². The molecule has 2 aliphatic rings. The van der Waals surface area contributed by atoms with Gasteiger partial charge in [0.2, 0.25) is 0 Å². The van der Waals surface area contributed by atoms with Gasteiger partial charge in [0.25, 0.3) is 17.7 Å². The topological polar surface area (TPSA) is 57.7 Å². The molecule has 3 amide bonds. The molecular formula is C24H15FN2O3. The van der Waals surface area contributed by atoms with Crippen LogP contribution in [0, 0.1) is 5.82 Å². The van der Waals surface area contributed by atoms with Gasteiger partial charge in [0.15, 0.2) is 0 Å². The Hall–Kier alpha value is -4.06. The molecule has 6 heteroatoms. The number of fused-ring (bicyclic) bond motifs is 2. The maximum atomic E-state index is 14.5. The van der Waals surface area contributed by atoms with Gasteiger partial charge in [-0.15, -0.1) is 0 Å². The third-order valence-corrected chi connectivity index (χ3v) is 5.41. The van der Waals surface area contributed by atoms with E-state index in [9.17, 15) is 18.8 Å². The summed E-state index contributed by atoms with van der Waals surface area (Å²) in [7, 11) is 1.47. The Kier molecular flexibility index (Phi) is 3.89. The monoisotopic (exact) mass is 398 g/mol. The quantitative estimate of drug-likeness (QED) is 0.485. The Morgan fingerprint density at radius 2 is 1.27 bits per heavy atom. The van der Waals surface area contributed by atoms with Crippen LogP contribution in [0.3, 0.4) is 0 Å². The largest absolute Gasteiger partial charge is 0.308 e. The first-order valence-corrected chi connectivity index (χ1v) is 9.35. The van der Waals surface area contributed by atoms with Crippen molar-refractivity contribution in [2.24, 2.45) is 0 Å². The molecule has 0 unspecified atom stereocenters. The van der Waals surface area contributed by atoms with Crippen LogP contribution in [0.15, 0.2) is 72.8 Å². The summed E-state index contributed by atoms with van der Waals surface area (Å²) in [6, 6.07) is 19.7. The van der Waals surface area contributed by atoms with E-state index < -0.39 is 23.5 Å². The highest BCUT2D eigenvalue weighted by atomic mass is 19.1. The summed E-state index contributed by atoms with van der Waals surface area (Å²) >= 11 is 0. The van der Waals surface area contributed by atoms with E-state index in [0.29, 0.717) is 11.1 Å². The van der Waals surface area contributed by atoms with Gasteiger partial charge < -0.3 is 4.90 Å². The highest BCUT2D eigenvalue weighted by molar-refractivity contribution is 6.40. The number of rotatable bonds is 2. The maximum Gasteiger partial charge on any atom is 0.266 e. The first kappa shape index (κ1) is 18.0. The normalized spacial score (nSPS) is 16.8. The molecule has 0 atom stereocenters. The molecule has 2 heterocycles. The number of imide groups is 1. The van der Waals surface area contributed by atoms with Crippen LogP contribution in [-0.2, 0) is 4.79 Å². The fraction of sp³-hybridized carbons (Fsp3) is 0.0417. The van der Waals surface area contributed by atoms with Gasteiger partial charge >= 0.3 is 0 Å². The Bertz CT molecular complexity index is 1250. The van der Waals surface area contributed by atoms with E-state index in [4.69, 9.17) is 0 Å². The van der Waals surface area contributed by atoms with Gasteiger partial charge in [0, 0.05) is 12.6 Å². The fourth-order valence-electron chi connectivity index (χ4n) is 4.04. The molecule has 0 radical (unpaired) electrons. The summed E-state index contributed by atoms with van der Waals surface area (Å²) in [4.78, 5) is 41.9. The van der Waals surface area contributed by atoms with E-state index in [1.54, 1.807) is 60.7 Å². The number of likely N-dealkylation sites (N-methyl/N-ethyl adjacent to an activating group) is 1. The lowest BCUT2D eigenvalue weighted by atomic mass is 9.99. The Morgan fingerprint density at radius 1 is 0.700 bits per heavy atom. The molecule has 146 valence electrons. The summed E-state index contributed by atoms with van der Waals surface area (Å²) in [5.74, 6) is -2.05. The fourth-order valence-corrected chi connectivity index (χ4v) is 4.04. The van der Waals surface area contributed by atoms with Crippen molar-refractivity contribution >= 4 is 34.7 Å². The molecule has 0 saturated heterocycles. The molecule has 5 nitrogen and oxygen atoms in total. The lowest BCUT2D eigenvalue weighted by molar-refractivity contribution is -0.112. The number of anilines is 1. The summed E-state index contributed by atoms with van der Waals surface area (Å²) < 4.78 is 14.5. The van der Waals surface area contributed by atoms with Crippen molar-refractivity contribution in [2.75, 3.05) is 11.9 Å². The third-order valence-electron chi connectivity index (χ3n) is 5.41. The maximum absolute atomic E-state index is 14.5. The SMILES string of the molecule is CN1C(=O)/C(=C(\c2ccccc2)N2C(=O)c3ccccc3C2=O)c2cccc(F)c21. The predicted molar refractivity (Wildman–Crippen MR) is 110 cm³/mol. The van der Waals surface area contributed by atoms with Crippen molar-refractivity contribution in [3.05, 3.63) is 101 Å². The second-order valence-electron chi connectivity index (χ2n) is 7.08. The summed E-state index contributed by atoms with van der Waals surface area (Å²) in [6.07, 6.45) is 0. The van der Waals surface area contributed by atoms with Gasteiger partial charge in [-0.3, -0.25) is 14.4 Å². The van der Waals surface area contributed by atoms with Crippen LogP contribution in [0.2, 0.25) is 0 Å². The molecule has 0 fully saturated rings. The molecule has 30 heavy (non-hydrogen) atoms. The van der Waals surface area contributed by atoms with Crippen LogP contribution in [-0.4, -0.2) is 29.7 Å². The predicted octanol–water partition coefficient (Wildman–Crippen LogP) is 3.97. The van der Waals surface area contributed by atoms with Crippen LogP contribution in [0.1, 0.15) is 31.8 Å². The highest BCUT2D eigenvalue weighted by Crippen LogP contribution is 2.44. The molecule has 0 bridgehead atoms. The lowest BCUT2D eigenvalue weighted by Crippen LogP contribution is -2.31. The van der Waals surface area contributed by atoms with Crippen LogP contribution in [0.25, 0.3) is 11.3 Å². The van der Waals surface area contributed by atoms with Crippen molar-refractivity contribution in [2.45, 2.75) is 0 Å². The number of carbonyl (C=O) groups excluding carboxylic acids is 3. The number of hydrogen-bond acceptors (Lipinski definition) is 3. The Labute approximate surface area is 171 Å². The van der Waals surface area contributed by atoms with Crippen LogP contribution in [0.4, 0.5) is 10.1 Å². The van der Waals surface area contributed by atoms with Crippen LogP contribution < -0.4 is 4.90 Å². The summed E-state index contributed by atoms with van der Waals surface area (Å²) in [6.45, 7) is 0. The standard InChI is InChI=1S/C24H15FN2O3/c1-26-21-17(12-7-13-18(21)25)19(24(26)30)20(14-8-3-2-4-9-14)27-22(28)15-10-5-6-11-16(15)23(27)29/h2-13H,1H3/b20-19+. The second-order valence-corrected chi connectivity index (χ2v) is 7.08. The zero-order valence-corrected chi connectivity index (χ0v) is 15.9. The lowest BCUT2D eigenvalue weighted by Gasteiger charge is -2.21. The van der Waals surface area contributed by atoms with E-state index in [1.165, 1.54) is 24.1 Å². The van der Waals surface area contributed by atoms with Gasteiger partial charge in [-0.05, 0) is 23.8 Å². The Balaban J connectivity index is 1.84. The zero-order valence-electron chi connectivity index (χ0n) is 15.9. The number of para-hydroxylation sites is 1. The number of benzene rings is 3. The van der Waals surface area contributed by atoms with Gasteiger partial charge in [-0.1, -0.05) is 54.6 Å². The smallest absolute Gasteiger partial charge is 0.266 e. The van der Waals surface area contributed by atoms with E-state index in [1.807, 2.05) is 0 Å². The molecule has 3 aromatic carbocycles. The van der Waals surface area contributed by atoms with E-state index in [2.05, 4.69) is 0 Å². The molecule has 0 N–H and O–H groups in total.